The molecule has 1 amide bonds. The molecule has 2 aliphatic heterocycles. The van der Waals surface area contributed by atoms with Crippen molar-refractivity contribution in [2.24, 2.45) is 10.6 Å². The van der Waals surface area contributed by atoms with Crippen molar-refractivity contribution in [3.05, 3.63) is 35.4 Å². The second kappa shape index (κ2) is 8.64. The molecule has 1 atom stereocenters. The predicted octanol–water partition coefficient (Wildman–Crippen LogP) is 2.44. The van der Waals surface area contributed by atoms with E-state index in [2.05, 4.69) is 41.7 Å². The van der Waals surface area contributed by atoms with Crippen LogP contribution < -0.4 is 5.32 Å². The van der Waals surface area contributed by atoms with E-state index in [-0.39, 0.29) is 12.0 Å². The lowest BCUT2D eigenvalue weighted by Gasteiger charge is -2.36. The normalized spacial score (nSPS) is 21.8. The lowest BCUT2D eigenvalue weighted by atomic mass is 9.74. The topological polar surface area (TPSA) is 69.2 Å². The molecular weight excluding hydrogens is 332 g/mol. The van der Waals surface area contributed by atoms with Crippen LogP contribution in [0, 0.1) is 12.3 Å². The van der Waals surface area contributed by atoms with Gasteiger partial charge in [0.05, 0.1) is 17.7 Å². The van der Waals surface area contributed by atoms with E-state index in [0.717, 1.165) is 17.7 Å². The Bertz CT molecular complexity index is 636. The molecule has 1 aromatic rings. The fraction of sp³-hybridized carbons (Fsp3) is 0.600. The number of rotatable bonds is 7. The molecular formula is C20H28N2O4. The maximum Gasteiger partial charge on any atom is 0.226 e. The quantitative estimate of drug-likeness (QED) is 0.759. The SMILES string of the molecule is COCCNC(=O)C1(CC2CC(c3ccc(C)cc3)=NO2)CCOCC1. The van der Waals surface area contributed by atoms with Gasteiger partial charge in [0.1, 0.15) is 6.10 Å². The summed E-state index contributed by atoms with van der Waals surface area (Å²) in [5.41, 5.74) is 2.81. The largest absolute Gasteiger partial charge is 0.392 e. The number of methoxy groups -OCH3 is 1. The van der Waals surface area contributed by atoms with Gasteiger partial charge in [-0.2, -0.15) is 0 Å². The second-order valence-corrected chi connectivity index (χ2v) is 7.18. The molecule has 0 aromatic heterocycles. The first-order valence-electron chi connectivity index (χ1n) is 9.28. The molecule has 3 rings (SSSR count). The van der Waals surface area contributed by atoms with Crippen molar-refractivity contribution in [2.75, 3.05) is 33.5 Å². The first kappa shape index (κ1) is 18.9. The Balaban J connectivity index is 1.63. The first-order chi connectivity index (χ1) is 12.6. The van der Waals surface area contributed by atoms with Crippen molar-refractivity contribution in [2.45, 2.75) is 38.7 Å². The third-order valence-electron chi connectivity index (χ3n) is 5.26. The number of oxime groups is 1. The van der Waals surface area contributed by atoms with Crippen LogP contribution in [0.1, 0.15) is 36.8 Å². The number of amides is 1. The Kier molecular flexibility index (Phi) is 6.27. The van der Waals surface area contributed by atoms with Crippen molar-refractivity contribution in [3.8, 4) is 0 Å². The molecule has 0 aliphatic carbocycles. The van der Waals surface area contributed by atoms with Gasteiger partial charge < -0.3 is 19.6 Å². The summed E-state index contributed by atoms with van der Waals surface area (Å²) in [7, 11) is 1.63. The molecule has 6 nitrogen and oxygen atoms in total. The number of nitrogens with zero attached hydrogens (tertiary/aromatic N) is 1. The zero-order valence-corrected chi connectivity index (χ0v) is 15.6. The molecule has 1 aromatic carbocycles. The highest BCUT2D eigenvalue weighted by atomic mass is 16.6. The van der Waals surface area contributed by atoms with E-state index < -0.39 is 5.41 Å². The monoisotopic (exact) mass is 360 g/mol. The third kappa shape index (κ3) is 4.43. The van der Waals surface area contributed by atoms with Crippen LogP contribution in [-0.4, -0.2) is 51.2 Å². The third-order valence-corrected chi connectivity index (χ3v) is 5.26. The standard InChI is InChI=1S/C20H28N2O4/c1-15-3-5-16(6-4-15)18-13-17(26-22-18)14-20(7-10-25-11-8-20)19(23)21-9-12-24-2/h3-6,17H,7-14H2,1-2H3,(H,21,23). The van der Waals surface area contributed by atoms with Gasteiger partial charge in [0, 0.05) is 39.7 Å². The molecule has 26 heavy (non-hydrogen) atoms. The Morgan fingerprint density at radius 3 is 2.73 bits per heavy atom. The number of hydrogen-bond acceptors (Lipinski definition) is 5. The van der Waals surface area contributed by atoms with Crippen molar-refractivity contribution in [3.63, 3.8) is 0 Å². The number of carbonyl (C=O) groups is 1. The minimum atomic E-state index is -0.449. The Morgan fingerprint density at radius 2 is 2.04 bits per heavy atom. The van der Waals surface area contributed by atoms with E-state index in [1.54, 1.807) is 7.11 Å². The van der Waals surface area contributed by atoms with E-state index in [9.17, 15) is 4.79 Å². The summed E-state index contributed by atoms with van der Waals surface area (Å²) in [6, 6.07) is 8.30. The van der Waals surface area contributed by atoms with Gasteiger partial charge >= 0.3 is 0 Å². The van der Waals surface area contributed by atoms with Crippen LogP contribution in [0.3, 0.4) is 0 Å². The van der Waals surface area contributed by atoms with Gasteiger partial charge in [-0.15, -0.1) is 0 Å². The van der Waals surface area contributed by atoms with Crippen LogP contribution in [0.25, 0.3) is 0 Å². The zero-order valence-electron chi connectivity index (χ0n) is 15.6. The summed E-state index contributed by atoms with van der Waals surface area (Å²) in [6.45, 7) is 4.32. The molecule has 2 heterocycles. The summed E-state index contributed by atoms with van der Waals surface area (Å²) in [6.07, 6.45) is 2.75. The minimum Gasteiger partial charge on any atom is -0.392 e. The lowest BCUT2D eigenvalue weighted by Crippen LogP contribution is -2.47. The molecule has 6 heteroatoms. The molecule has 1 saturated heterocycles. The highest BCUT2D eigenvalue weighted by Crippen LogP contribution is 2.38. The zero-order chi connectivity index (χ0) is 18.4. The van der Waals surface area contributed by atoms with E-state index in [0.29, 0.717) is 45.6 Å². The number of aryl methyl sites for hydroxylation is 1. The molecule has 1 fully saturated rings. The van der Waals surface area contributed by atoms with Crippen LogP contribution >= 0.6 is 0 Å². The van der Waals surface area contributed by atoms with Crippen LogP contribution in [0.2, 0.25) is 0 Å². The first-order valence-corrected chi connectivity index (χ1v) is 9.28. The van der Waals surface area contributed by atoms with E-state index in [4.69, 9.17) is 14.3 Å². The number of nitrogens with one attached hydrogen (secondary N) is 1. The van der Waals surface area contributed by atoms with Gasteiger partial charge in [-0.05, 0) is 25.3 Å². The average molecular weight is 360 g/mol. The Labute approximate surface area is 154 Å². The smallest absolute Gasteiger partial charge is 0.226 e. The summed E-state index contributed by atoms with van der Waals surface area (Å²) in [5.74, 6) is 0.0743. The van der Waals surface area contributed by atoms with Crippen molar-refractivity contribution in [1.82, 2.24) is 5.32 Å². The fourth-order valence-corrected chi connectivity index (χ4v) is 3.63. The van der Waals surface area contributed by atoms with Crippen molar-refractivity contribution >= 4 is 11.6 Å². The van der Waals surface area contributed by atoms with Gasteiger partial charge in [-0.3, -0.25) is 4.79 Å². The average Bonchev–Trinajstić information content (AvgIpc) is 3.11. The van der Waals surface area contributed by atoms with E-state index in [1.165, 1.54) is 5.56 Å². The second-order valence-electron chi connectivity index (χ2n) is 7.18. The van der Waals surface area contributed by atoms with Crippen LogP contribution in [0.15, 0.2) is 29.4 Å². The molecule has 0 radical (unpaired) electrons. The maximum absolute atomic E-state index is 12.9. The molecule has 1 N–H and O–H groups in total. The summed E-state index contributed by atoms with van der Waals surface area (Å²) in [4.78, 5) is 18.6. The summed E-state index contributed by atoms with van der Waals surface area (Å²) >= 11 is 0. The van der Waals surface area contributed by atoms with Gasteiger partial charge in [0.2, 0.25) is 5.91 Å². The fourth-order valence-electron chi connectivity index (χ4n) is 3.63. The highest BCUT2D eigenvalue weighted by molar-refractivity contribution is 6.01. The molecule has 1 unspecified atom stereocenters. The molecule has 142 valence electrons. The number of benzene rings is 1. The van der Waals surface area contributed by atoms with Crippen LogP contribution in [0.5, 0.6) is 0 Å². The lowest BCUT2D eigenvalue weighted by molar-refractivity contribution is -0.140. The van der Waals surface area contributed by atoms with E-state index in [1.807, 2.05) is 0 Å². The van der Waals surface area contributed by atoms with Gasteiger partial charge in [-0.1, -0.05) is 35.0 Å². The van der Waals surface area contributed by atoms with Gasteiger partial charge in [-0.25, -0.2) is 0 Å². The summed E-state index contributed by atoms with van der Waals surface area (Å²) in [5, 5.41) is 7.29. The van der Waals surface area contributed by atoms with Crippen molar-refractivity contribution in [1.29, 1.82) is 0 Å². The Hall–Kier alpha value is -1.92. The molecule has 0 spiro atoms. The molecule has 0 saturated carbocycles. The predicted molar refractivity (Wildman–Crippen MR) is 99.2 cm³/mol. The number of ether oxygens (including phenoxy) is 2. The van der Waals surface area contributed by atoms with Crippen LogP contribution in [-0.2, 0) is 19.1 Å². The molecule has 0 bridgehead atoms. The number of carbonyl (C=O) groups excluding carboxylic acids is 1. The van der Waals surface area contributed by atoms with Crippen molar-refractivity contribution < 1.29 is 19.1 Å². The van der Waals surface area contributed by atoms with Crippen LogP contribution in [0.4, 0.5) is 0 Å². The van der Waals surface area contributed by atoms with E-state index >= 15 is 0 Å². The highest BCUT2D eigenvalue weighted by Gasteiger charge is 2.43. The number of hydrogen-bond donors (Lipinski definition) is 1. The minimum absolute atomic E-state index is 0.0717. The van der Waals surface area contributed by atoms with Gasteiger partial charge in [0.15, 0.2) is 0 Å². The Morgan fingerprint density at radius 1 is 1.31 bits per heavy atom. The molecule has 2 aliphatic rings. The maximum atomic E-state index is 12.9. The summed E-state index contributed by atoms with van der Waals surface area (Å²) < 4.78 is 10.5. The van der Waals surface area contributed by atoms with Gasteiger partial charge in [0.25, 0.3) is 0 Å².